The normalized spacial score (nSPS) is 11.7. The molecule has 0 unspecified atom stereocenters. The van der Waals surface area contributed by atoms with E-state index in [2.05, 4.69) is 0 Å². The van der Waals surface area contributed by atoms with Crippen molar-refractivity contribution >= 4 is 11.6 Å². The fourth-order valence-electron chi connectivity index (χ4n) is 3.34. The highest BCUT2D eigenvalue weighted by atomic mass is 19.1. The van der Waals surface area contributed by atoms with E-state index in [4.69, 9.17) is 19.6 Å². The number of benzene rings is 1. The molecule has 0 N–H and O–H groups in total. The van der Waals surface area contributed by atoms with Crippen LogP contribution in [-0.2, 0) is 28.8 Å². The van der Waals surface area contributed by atoms with Crippen LogP contribution in [0.3, 0.4) is 0 Å². The van der Waals surface area contributed by atoms with Gasteiger partial charge in [0.2, 0.25) is 0 Å². The Morgan fingerprint density at radius 2 is 1.90 bits per heavy atom. The van der Waals surface area contributed by atoms with Gasteiger partial charge < -0.3 is 9.47 Å². The Hall–Kier alpha value is -2.96. The van der Waals surface area contributed by atoms with E-state index >= 15 is 0 Å². The lowest BCUT2D eigenvalue weighted by Gasteiger charge is -2.19. The first-order valence-electron chi connectivity index (χ1n) is 10.1. The molecule has 0 radical (unpaired) electrons. The van der Waals surface area contributed by atoms with E-state index in [1.165, 1.54) is 13.2 Å². The molecule has 0 fully saturated rings. The van der Waals surface area contributed by atoms with E-state index in [9.17, 15) is 9.18 Å². The van der Waals surface area contributed by atoms with Crippen LogP contribution in [0, 0.1) is 5.82 Å². The third-order valence-electron chi connectivity index (χ3n) is 4.70. The Kier molecular flexibility index (Phi) is 6.10. The second-order valence-corrected chi connectivity index (χ2v) is 8.12. The number of carbonyl (C=O) groups excluding carboxylic acids is 1. The molecule has 160 valence electrons. The predicted molar refractivity (Wildman–Crippen MR) is 113 cm³/mol. The van der Waals surface area contributed by atoms with Crippen molar-refractivity contribution < 1.29 is 18.7 Å². The number of ether oxygens (including phenoxy) is 2. The number of esters is 1. The minimum absolute atomic E-state index is 0.00687. The summed E-state index contributed by atoms with van der Waals surface area (Å²) in [6, 6.07) is 6.66. The molecule has 1 aromatic carbocycles. The van der Waals surface area contributed by atoms with E-state index in [-0.39, 0.29) is 18.1 Å². The molecule has 6 nitrogen and oxygen atoms in total. The topological polar surface area (TPSA) is 65.7 Å². The molecule has 0 aliphatic carbocycles. The maximum Gasteiger partial charge on any atom is 0.311 e. The molecule has 0 amide bonds. The number of methoxy groups -OCH3 is 1. The summed E-state index contributed by atoms with van der Waals surface area (Å²) in [6.07, 6.45) is 1.50. The zero-order chi connectivity index (χ0) is 22.1. The third-order valence-corrected chi connectivity index (χ3v) is 4.70. The molecule has 0 spiro atoms. The third kappa shape index (κ3) is 4.45. The lowest BCUT2D eigenvalue weighted by Crippen LogP contribution is -2.25. The van der Waals surface area contributed by atoms with Gasteiger partial charge in [0, 0.05) is 22.5 Å². The zero-order valence-electron chi connectivity index (χ0n) is 18.4. The monoisotopic (exact) mass is 413 g/mol. The average molecular weight is 413 g/mol. The summed E-state index contributed by atoms with van der Waals surface area (Å²) in [5.41, 5.74) is 3.57. The minimum Gasteiger partial charge on any atom is -0.494 e. The summed E-state index contributed by atoms with van der Waals surface area (Å²) in [7, 11) is 1.42. The first-order valence-corrected chi connectivity index (χ1v) is 10.1. The van der Waals surface area contributed by atoms with Crippen molar-refractivity contribution in [2.45, 2.75) is 59.5 Å². The molecule has 30 heavy (non-hydrogen) atoms. The molecule has 0 aliphatic rings. The molecule has 3 rings (SSSR count). The molecule has 2 aromatic heterocycles. The summed E-state index contributed by atoms with van der Waals surface area (Å²) in [5, 5.41) is 4.71. The Bertz CT molecular complexity index is 1080. The van der Waals surface area contributed by atoms with Crippen molar-refractivity contribution in [2.75, 3.05) is 7.11 Å². The Morgan fingerprint density at radius 1 is 1.17 bits per heavy atom. The van der Waals surface area contributed by atoms with Crippen LogP contribution < -0.4 is 4.74 Å². The summed E-state index contributed by atoms with van der Waals surface area (Å²) in [4.78, 5) is 17.4. The van der Waals surface area contributed by atoms with Crippen LogP contribution in [0.1, 0.15) is 51.6 Å². The van der Waals surface area contributed by atoms with Crippen molar-refractivity contribution in [3.8, 4) is 17.0 Å². The number of hydrogen-bond donors (Lipinski definition) is 0. The van der Waals surface area contributed by atoms with Crippen molar-refractivity contribution in [1.82, 2.24) is 14.6 Å². The van der Waals surface area contributed by atoms with E-state index in [0.717, 1.165) is 24.2 Å². The summed E-state index contributed by atoms with van der Waals surface area (Å²) in [6.45, 7) is 9.54. The Labute approximate surface area is 176 Å². The van der Waals surface area contributed by atoms with Gasteiger partial charge in [-0.2, -0.15) is 5.10 Å². The van der Waals surface area contributed by atoms with E-state index in [0.29, 0.717) is 22.5 Å². The van der Waals surface area contributed by atoms with Crippen LogP contribution in [0.2, 0.25) is 0 Å². The van der Waals surface area contributed by atoms with Gasteiger partial charge in [0.1, 0.15) is 5.60 Å². The van der Waals surface area contributed by atoms with Gasteiger partial charge in [-0.05, 0) is 57.9 Å². The summed E-state index contributed by atoms with van der Waals surface area (Å²) < 4.78 is 26.7. The SMILES string of the molecule is CCc1cc(CC)n2nc(-c3ccc(OC)c(F)c3)c(CC(=O)OC(C)(C)C)c2n1. The number of rotatable bonds is 6. The number of carbonyl (C=O) groups is 1. The predicted octanol–water partition coefficient (Wildman–Crippen LogP) is 4.55. The van der Waals surface area contributed by atoms with Gasteiger partial charge in [0.05, 0.1) is 19.2 Å². The number of aromatic nitrogens is 3. The highest BCUT2D eigenvalue weighted by molar-refractivity contribution is 5.81. The van der Waals surface area contributed by atoms with Crippen LogP contribution in [0.5, 0.6) is 5.75 Å². The molecular weight excluding hydrogens is 385 g/mol. The Morgan fingerprint density at radius 3 is 2.47 bits per heavy atom. The standard InChI is InChI=1S/C23H28FN3O3/c1-7-15-12-16(8-2)27-22(25-15)17(13-20(28)30-23(3,4)5)21(26-27)14-9-10-19(29-6)18(24)11-14/h9-12H,7-8,13H2,1-6H3. The molecule has 0 atom stereocenters. The smallest absolute Gasteiger partial charge is 0.311 e. The van der Waals surface area contributed by atoms with Crippen LogP contribution in [0.15, 0.2) is 24.3 Å². The van der Waals surface area contributed by atoms with Gasteiger partial charge in [-0.3, -0.25) is 4.79 Å². The maximum atomic E-state index is 14.4. The number of hydrogen-bond acceptors (Lipinski definition) is 5. The quantitative estimate of drug-likeness (QED) is 0.555. The van der Waals surface area contributed by atoms with Gasteiger partial charge in [-0.25, -0.2) is 13.9 Å². The van der Waals surface area contributed by atoms with Crippen LogP contribution in [0.4, 0.5) is 4.39 Å². The highest BCUT2D eigenvalue weighted by Crippen LogP contribution is 2.30. The molecule has 2 heterocycles. The maximum absolute atomic E-state index is 14.4. The van der Waals surface area contributed by atoms with Crippen LogP contribution in [-0.4, -0.2) is 33.3 Å². The average Bonchev–Trinajstić information content (AvgIpc) is 3.03. The first-order chi connectivity index (χ1) is 14.2. The molecule has 7 heteroatoms. The van der Waals surface area contributed by atoms with E-state index < -0.39 is 11.4 Å². The van der Waals surface area contributed by atoms with Crippen molar-refractivity contribution in [2.24, 2.45) is 0 Å². The number of halogens is 1. The molecule has 0 saturated carbocycles. The van der Waals surface area contributed by atoms with E-state index in [1.807, 2.05) is 40.7 Å². The molecule has 0 aliphatic heterocycles. The summed E-state index contributed by atoms with van der Waals surface area (Å²) in [5.74, 6) is -0.723. The molecule has 3 aromatic rings. The highest BCUT2D eigenvalue weighted by Gasteiger charge is 2.24. The van der Waals surface area contributed by atoms with Gasteiger partial charge >= 0.3 is 5.97 Å². The second-order valence-electron chi connectivity index (χ2n) is 8.12. The molecule has 0 bridgehead atoms. The largest absolute Gasteiger partial charge is 0.494 e. The lowest BCUT2D eigenvalue weighted by molar-refractivity contribution is -0.153. The zero-order valence-corrected chi connectivity index (χ0v) is 18.4. The number of nitrogens with zero attached hydrogens (tertiary/aromatic N) is 3. The van der Waals surface area contributed by atoms with Crippen molar-refractivity contribution in [1.29, 1.82) is 0 Å². The Balaban J connectivity index is 2.22. The minimum atomic E-state index is -0.608. The second kappa shape index (κ2) is 8.42. The van der Waals surface area contributed by atoms with Crippen LogP contribution >= 0.6 is 0 Å². The first kappa shape index (κ1) is 21.7. The fourth-order valence-corrected chi connectivity index (χ4v) is 3.34. The van der Waals surface area contributed by atoms with E-state index in [1.54, 1.807) is 16.6 Å². The molecule has 0 saturated heterocycles. The van der Waals surface area contributed by atoms with Crippen LogP contribution in [0.25, 0.3) is 16.9 Å². The van der Waals surface area contributed by atoms with Crippen molar-refractivity contribution in [3.05, 3.63) is 47.0 Å². The van der Waals surface area contributed by atoms with Gasteiger partial charge in [0.25, 0.3) is 0 Å². The summed E-state index contributed by atoms with van der Waals surface area (Å²) >= 11 is 0. The number of fused-ring (bicyclic) bond motifs is 1. The molecular formula is C23H28FN3O3. The lowest BCUT2D eigenvalue weighted by atomic mass is 10.0. The van der Waals surface area contributed by atoms with Gasteiger partial charge in [-0.15, -0.1) is 0 Å². The van der Waals surface area contributed by atoms with Gasteiger partial charge in [0.15, 0.2) is 17.2 Å². The van der Waals surface area contributed by atoms with Crippen molar-refractivity contribution in [3.63, 3.8) is 0 Å². The fraction of sp³-hybridized carbons (Fsp3) is 0.435. The number of aryl methyl sites for hydroxylation is 2. The van der Waals surface area contributed by atoms with Gasteiger partial charge in [-0.1, -0.05) is 13.8 Å².